The van der Waals surface area contributed by atoms with E-state index in [9.17, 15) is 9.59 Å². The molecule has 0 aliphatic carbocycles. The number of aryl methyl sites for hydroxylation is 1. The summed E-state index contributed by atoms with van der Waals surface area (Å²) in [5, 5.41) is 2.90. The minimum Gasteiger partial charge on any atom is -0.484 e. The van der Waals surface area contributed by atoms with Crippen LogP contribution in [0.1, 0.15) is 18.1 Å². The van der Waals surface area contributed by atoms with E-state index < -0.39 is 0 Å². The zero-order chi connectivity index (χ0) is 22.5. The number of benzene rings is 3. The third kappa shape index (κ3) is 5.14. The quantitative estimate of drug-likeness (QED) is 0.514. The summed E-state index contributed by atoms with van der Waals surface area (Å²) in [6.45, 7) is 3.99. The van der Waals surface area contributed by atoms with E-state index in [1.165, 1.54) is 17.3 Å². The standard InChI is InChI=1S/C26H26N2O3S/c1-18-11-13-21(14-12-18)31-16-25(29)27-22-8-4-6-10-24(22)32-17-26(30)28-19(2)15-20-7-3-5-9-23(20)28/h3-14,19H,15-17H2,1-2H3,(H,27,29). The van der Waals surface area contributed by atoms with Crippen molar-refractivity contribution in [2.45, 2.75) is 31.2 Å². The van der Waals surface area contributed by atoms with Crippen LogP contribution < -0.4 is 15.0 Å². The van der Waals surface area contributed by atoms with Crippen LogP contribution in [0.15, 0.2) is 77.7 Å². The summed E-state index contributed by atoms with van der Waals surface area (Å²) in [6.07, 6.45) is 0.875. The van der Waals surface area contributed by atoms with E-state index in [0.29, 0.717) is 17.2 Å². The summed E-state index contributed by atoms with van der Waals surface area (Å²) >= 11 is 1.43. The van der Waals surface area contributed by atoms with Crippen LogP contribution in [0.4, 0.5) is 11.4 Å². The molecule has 0 saturated carbocycles. The number of carbonyl (C=O) groups is 2. The maximum absolute atomic E-state index is 13.0. The first-order valence-corrected chi connectivity index (χ1v) is 11.6. The topological polar surface area (TPSA) is 58.6 Å². The van der Waals surface area contributed by atoms with Crippen molar-refractivity contribution in [2.24, 2.45) is 0 Å². The zero-order valence-electron chi connectivity index (χ0n) is 18.2. The number of para-hydroxylation sites is 2. The molecule has 0 spiro atoms. The van der Waals surface area contributed by atoms with Gasteiger partial charge < -0.3 is 15.0 Å². The highest BCUT2D eigenvalue weighted by molar-refractivity contribution is 8.00. The molecule has 2 amide bonds. The predicted molar refractivity (Wildman–Crippen MR) is 130 cm³/mol. The van der Waals surface area contributed by atoms with E-state index in [1.54, 1.807) is 0 Å². The Labute approximate surface area is 192 Å². The number of nitrogens with one attached hydrogen (secondary N) is 1. The molecular formula is C26H26N2O3S. The predicted octanol–water partition coefficient (Wildman–Crippen LogP) is 5.08. The Morgan fingerprint density at radius 3 is 2.56 bits per heavy atom. The fraction of sp³-hybridized carbons (Fsp3) is 0.231. The molecule has 32 heavy (non-hydrogen) atoms. The molecule has 1 aliphatic heterocycles. The normalized spacial score (nSPS) is 14.7. The van der Waals surface area contributed by atoms with Crippen LogP contribution in [0.5, 0.6) is 5.75 Å². The van der Waals surface area contributed by atoms with E-state index in [-0.39, 0.29) is 24.5 Å². The fourth-order valence-electron chi connectivity index (χ4n) is 3.82. The summed E-state index contributed by atoms with van der Waals surface area (Å²) in [5.74, 6) is 0.771. The Hall–Kier alpha value is -3.25. The van der Waals surface area contributed by atoms with Crippen molar-refractivity contribution < 1.29 is 14.3 Å². The van der Waals surface area contributed by atoms with Gasteiger partial charge in [-0.15, -0.1) is 11.8 Å². The number of carbonyl (C=O) groups excluding carboxylic acids is 2. The van der Waals surface area contributed by atoms with Gasteiger partial charge in [-0.05, 0) is 56.2 Å². The van der Waals surface area contributed by atoms with Crippen molar-refractivity contribution in [3.63, 3.8) is 0 Å². The summed E-state index contributed by atoms with van der Waals surface area (Å²) in [6, 6.07) is 23.3. The Morgan fingerprint density at radius 1 is 1.03 bits per heavy atom. The second kappa shape index (κ2) is 9.92. The van der Waals surface area contributed by atoms with Crippen LogP contribution in [0.3, 0.4) is 0 Å². The molecule has 1 aliphatic rings. The molecule has 6 heteroatoms. The molecule has 1 heterocycles. The highest BCUT2D eigenvalue weighted by Gasteiger charge is 2.30. The lowest BCUT2D eigenvalue weighted by Crippen LogP contribution is -2.37. The van der Waals surface area contributed by atoms with E-state index in [4.69, 9.17) is 4.74 Å². The van der Waals surface area contributed by atoms with E-state index in [1.807, 2.05) is 78.6 Å². The second-order valence-electron chi connectivity index (χ2n) is 7.88. The molecule has 4 rings (SSSR count). The number of amides is 2. The number of hydrogen-bond donors (Lipinski definition) is 1. The molecular weight excluding hydrogens is 420 g/mol. The van der Waals surface area contributed by atoms with E-state index in [0.717, 1.165) is 22.6 Å². The van der Waals surface area contributed by atoms with Crippen LogP contribution in [-0.4, -0.2) is 30.2 Å². The van der Waals surface area contributed by atoms with Gasteiger partial charge in [0.2, 0.25) is 5.91 Å². The summed E-state index contributed by atoms with van der Waals surface area (Å²) in [7, 11) is 0. The molecule has 5 nitrogen and oxygen atoms in total. The Kier molecular flexibility index (Phi) is 6.81. The first-order chi connectivity index (χ1) is 15.5. The second-order valence-corrected chi connectivity index (χ2v) is 8.90. The molecule has 1 unspecified atom stereocenters. The molecule has 0 radical (unpaired) electrons. The molecule has 3 aromatic rings. The van der Waals surface area contributed by atoms with Crippen molar-refractivity contribution >= 4 is 35.0 Å². The Morgan fingerprint density at radius 2 is 1.75 bits per heavy atom. The van der Waals surface area contributed by atoms with Gasteiger partial charge in [-0.25, -0.2) is 0 Å². The SMILES string of the molecule is Cc1ccc(OCC(=O)Nc2ccccc2SCC(=O)N2c3ccccc3CC2C)cc1. The van der Waals surface area contributed by atoms with Gasteiger partial charge in [0.25, 0.3) is 5.91 Å². The summed E-state index contributed by atoms with van der Waals surface area (Å²) < 4.78 is 5.57. The van der Waals surface area contributed by atoms with Crippen LogP contribution in [0.25, 0.3) is 0 Å². The monoisotopic (exact) mass is 446 g/mol. The molecule has 0 fully saturated rings. The van der Waals surface area contributed by atoms with Gasteiger partial charge in [-0.2, -0.15) is 0 Å². The molecule has 3 aromatic carbocycles. The third-order valence-electron chi connectivity index (χ3n) is 5.38. The van der Waals surface area contributed by atoms with Crippen LogP contribution in [0, 0.1) is 6.92 Å². The summed E-state index contributed by atoms with van der Waals surface area (Å²) in [5.41, 5.74) is 4.02. The molecule has 164 valence electrons. The van der Waals surface area contributed by atoms with Crippen molar-refractivity contribution in [1.82, 2.24) is 0 Å². The van der Waals surface area contributed by atoms with Gasteiger partial charge in [-0.1, -0.05) is 48.0 Å². The largest absolute Gasteiger partial charge is 0.484 e. The molecule has 0 bridgehead atoms. The van der Waals surface area contributed by atoms with E-state index >= 15 is 0 Å². The summed E-state index contributed by atoms with van der Waals surface area (Å²) in [4.78, 5) is 28.2. The zero-order valence-corrected chi connectivity index (χ0v) is 19.0. The lowest BCUT2D eigenvalue weighted by Gasteiger charge is -2.22. The van der Waals surface area contributed by atoms with Crippen LogP contribution in [0.2, 0.25) is 0 Å². The van der Waals surface area contributed by atoms with Crippen LogP contribution >= 0.6 is 11.8 Å². The van der Waals surface area contributed by atoms with Crippen LogP contribution in [-0.2, 0) is 16.0 Å². The smallest absolute Gasteiger partial charge is 0.262 e. The van der Waals surface area contributed by atoms with Gasteiger partial charge in [0.15, 0.2) is 6.61 Å². The van der Waals surface area contributed by atoms with Gasteiger partial charge in [0.05, 0.1) is 11.4 Å². The lowest BCUT2D eigenvalue weighted by atomic mass is 10.1. The molecule has 0 aromatic heterocycles. The third-order valence-corrected chi connectivity index (χ3v) is 6.44. The Bertz CT molecular complexity index is 1110. The van der Waals surface area contributed by atoms with Crippen molar-refractivity contribution in [1.29, 1.82) is 0 Å². The molecule has 1 N–H and O–H groups in total. The molecule has 0 saturated heterocycles. The van der Waals surface area contributed by atoms with Crippen molar-refractivity contribution in [2.75, 3.05) is 22.6 Å². The maximum atomic E-state index is 13.0. The number of hydrogen-bond acceptors (Lipinski definition) is 4. The average molecular weight is 447 g/mol. The van der Waals surface area contributed by atoms with Gasteiger partial charge in [-0.3, -0.25) is 9.59 Å². The minimum absolute atomic E-state index is 0.0660. The van der Waals surface area contributed by atoms with Crippen molar-refractivity contribution in [3.05, 3.63) is 83.9 Å². The lowest BCUT2D eigenvalue weighted by molar-refractivity contribution is -0.118. The van der Waals surface area contributed by atoms with Gasteiger partial charge in [0.1, 0.15) is 5.75 Å². The number of nitrogens with zero attached hydrogens (tertiary/aromatic N) is 1. The van der Waals surface area contributed by atoms with E-state index in [2.05, 4.69) is 18.3 Å². The average Bonchev–Trinajstić information content (AvgIpc) is 3.13. The number of fused-ring (bicyclic) bond motifs is 1. The Balaban J connectivity index is 1.35. The number of ether oxygens (including phenoxy) is 1. The number of rotatable bonds is 7. The molecule has 1 atom stereocenters. The van der Waals surface area contributed by atoms with Gasteiger partial charge in [0, 0.05) is 16.6 Å². The minimum atomic E-state index is -0.243. The maximum Gasteiger partial charge on any atom is 0.262 e. The van der Waals surface area contributed by atoms with Gasteiger partial charge >= 0.3 is 0 Å². The number of anilines is 2. The highest BCUT2D eigenvalue weighted by Crippen LogP contribution is 2.34. The number of thioether (sulfide) groups is 1. The highest BCUT2D eigenvalue weighted by atomic mass is 32.2. The first-order valence-electron chi connectivity index (χ1n) is 10.6. The fourth-order valence-corrected chi connectivity index (χ4v) is 4.69. The first kappa shape index (κ1) is 22.0. The van der Waals surface area contributed by atoms with Crippen molar-refractivity contribution in [3.8, 4) is 5.75 Å².